The molecule has 29 heavy (non-hydrogen) atoms. The Kier molecular flexibility index (Phi) is 6.98. The van der Waals surface area contributed by atoms with Crippen LogP contribution in [0.4, 0.5) is 0 Å². The third kappa shape index (κ3) is 5.00. The van der Waals surface area contributed by atoms with Gasteiger partial charge < -0.3 is 10.5 Å². The molecule has 0 saturated carbocycles. The Morgan fingerprint density at radius 3 is 2.83 bits per heavy atom. The smallest absolute Gasteiger partial charge is 0.275 e. The van der Waals surface area contributed by atoms with Crippen LogP contribution in [0.15, 0.2) is 64.5 Å². The lowest BCUT2D eigenvalue weighted by molar-refractivity contribution is 0.209. The molecule has 8 heteroatoms. The summed E-state index contributed by atoms with van der Waals surface area (Å²) in [5, 5.41) is 0.671. The zero-order valence-electron chi connectivity index (χ0n) is 16.0. The monoisotopic (exact) mass is 428 g/mol. The van der Waals surface area contributed by atoms with Crippen molar-refractivity contribution in [3.63, 3.8) is 0 Å². The van der Waals surface area contributed by atoms with Gasteiger partial charge in [-0.15, -0.1) is 11.3 Å². The lowest BCUT2D eigenvalue weighted by Crippen LogP contribution is -2.17. The Labute approximate surface area is 177 Å². The van der Waals surface area contributed by atoms with E-state index in [-0.39, 0.29) is 5.56 Å². The van der Waals surface area contributed by atoms with Gasteiger partial charge in [-0.3, -0.25) is 9.36 Å². The van der Waals surface area contributed by atoms with Crippen LogP contribution in [0.1, 0.15) is 13.3 Å². The van der Waals surface area contributed by atoms with Crippen molar-refractivity contribution in [3.8, 4) is 10.4 Å². The van der Waals surface area contributed by atoms with Crippen molar-refractivity contribution in [1.29, 1.82) is 0 Å². The molecule has 150 valence electrons. The summed E-state index contributed by atoms with van der Waals surface area (Å²) in [5.41, 5.74) is 7.68. The second-order valence-electron chi connectivity index (χ2n) is 6.21. The molecule has 1 aromatic carbocycles. The fraction of sp³-hybridized carbons (Fsp3) is 0.190. The number of halogens is 1. The number of allylic oxidation sites excluding steroid dienone is 3. The van der Waals surface area contributed by atoms with E-state index in [0.717, 1.165) is 16.9 Å². The Morgan fingerprint density at radius 2 is 2.14 bits per heavy atom. The van der Waals surface area contributed by atoms with Gasteiger partial charge in [0.1, 0.15) is 11.0 Å². The largest absolute Gasteiger partial charge is 0.478 e. The highest BCUT2D eigenvalue weighted by Gasteiger charge is 2.11. The molecular weight excluding hydrogens is 408 g/mol. The summed E-state index contributed by atoms with van der Waals surface area (Å²) >= 11 is 7.37. The molecule has 0 aliphatic heterocycles. The van der Waals surface area contributed by atoms with Crippen molar-refractivity contribution in [2.24, 2.45) is 10.7 Å². The number of thiophene rings is 1. The predicted molar refractivity (Wildman–Crippen MR) is 122 cm³/mol. The molecule has 0 saturated heterocycles. The van der Waals surface area contributed by atoms with E-state index in [1.165, 1.54) is 22.2 Å². The van der Waals surface area contributed by atoms with Crippen LogP contribution in [0.3, 0.4) is 0 Å². The molecule has 0 aliphatic rings. The number of rotatable bonds is 8. The fourth-order valence-corrected chi connectivity index (χ4v) is 3.77. The summed E-state index contributed by atoms with van der Waals surface area (Å²) in [6.07, 6.45) is 5.67. The molecule has 3 rings (SSSR count). The first kappa shape index (κ1) is 21.0. The predicted octanol–water partition coefficient (Wildman–Crippen LogP) is 4.55. The summed E-state index contributed by atoms with van der Waals surface area (Å²) in [4.78, 5) is 22.2. The standard InChI is InChI=1S/C21H21ClN4O2S/c1-14(4-9-19(24-2)28-11-3-10-23)26-13-25-17-12-18(29-20(17)21(26)27)15-5-7-16(22)8-6-15/h4-9,12-13H,2-3,10-11,23H2,1H3. The van der Waals surface area contributed by atoms with E-state index in [1.807, 2.05) is 37.3 Å². The normalized spacial score (nSPS) is 12.4. The molecule has 0 bridgehead atoms. The van der Waals surface area contributed by atoms with E-state index in [1.54, 1.807) is 12.2 Å². The van der Waals surface area contributed by atoms with E-state index >= 15 is 0 Å². The number of fused-ring (bicyclic) bond motifs is 1. The van der Waals surface area contributed by atoms with Crippen LogP contribution in [-0.2, 0) is 4.74 Å². The molecule has 0 aliphatic carbocycles. The highest BCUT2D eigenvalue weighted by atomic mass is 35.5. The van der Waals surface area contributed by atoms with Crippen LogP contribution in [0, 0.1) is 0 Å². The molecular formula is C21H21ClN4O2S. The Morgan fingerprint density at radius 1 is 1.38 bits per heavy atom. The van der Waals surface area contributed by atoms with Gasteiger partial charge in [-0.05, 0) is 56.4 Å². The van der Waals surface area contributed by atoms with E-state index < -0.39 is 0 Å². The molecule has 3 aromatic rings. The summed E-state index contributed by atoms with van der Waals surface area (Å²) in [7, 11) is 0. The van der Waals surface area contributed by atoms with Gasteiger partial charge in [-0.2, -0.15) is 0 Å². The summed E-state index contributed by atoms with van der Waals surface area (Å²) in [5.74, 6) is 0.376. The number of ether oxygens (including phenoxy) is 1. The maximum atomic E-state index is 13.0. The van der Waals surface area contributed by atoms with Crippen LogP contribution in [-0.4, -0.2) is 29.4 Å². The Hall–Kier alpha value is -2.74. The SMILES string of the molecule is C=NC(=CC=C(C)n1cnc2cc(-c3ccc(Cl)cc3)sc2c1=O)OCCCN. The molecule has 2 aromatic heterocycles. The maximum Gasteiger partial charge on any atom is 0.275 e. The molecule has 0 radical (unpaired) electrons. The van der Waals surface area contributed by atoms with Crippen LogP contribution in [0.5, 0.6) is 0 Å². The minimum Gasteiger partial charge on any atom is -0.478 e. The summed E-state index contributed by atoms with van der Waals surface area (Å²) < 4.78 is 7.57. The van der Waals surface area contributed by atoms with Gasteiger partial charge >= 0.3 is 0 Å². The lowest BCUT2D eigenvalue weighted by Gasteiger charge is -2.06. The first-order valence-corrected chi connectivity index (χ1v) is 10.2. The molecule has 0 atom stereocenters. The molecule has 6 nitrogen and oxygen atoms in total. The van der Waals surface area contributed by atoms with Gasteiger partial charge in [-0.25, -0.2) is 9.98 Å². The average molecular weight is 429 g/mol. The third-order valence-corrected chi connectivity index (χ3v) is 5.58. The minimum atomic E-state index is -0.125. The molecule has 0 amide bonds. The van der Waals surface area contributed by atoms with E-state index in [2.05, 4.69) is 16.7 Å². The number of nitrogens with zero attached hydrogens (tertiary/aromatic N) is 3. The molecule has 0 fully saturated rings. The van der Waals surface area contributed by atoms with Crippen molar-refractivity contribution >= 4 is 45.6 Å². The average Bonchev–Trinajstić information content (AvgIpc) is 3.16. The second kappa shape index (κ2) is 9.65. The van der Waals surface area contributed by atoms with Crippen LogP contribution >= 0.6 is 22.9 Å². The third-order valence-electron chi connectivity index (χ3n) is 4.17. The maximum absolute atomic E-state index is 13.0. The summed E-state index contributed by atoms with van der Waals surface area (Å²) in [6.45, 7) is 6.32. The number of hydrogen-bond donors (Lipinski definition) is 1. The van der Waals surface area contributed by atoms with Crippen molar-refractivity contribution in [2.45, 2.75) is 13.3 Å². The van der Waals surface area contributed by atoms with Crippen molar-refractivity contribution in [1.82, 2.24) is 9.55 Å². The van der Waals surface area contributed by atoms with Crippen LogP contribution < -0.4 is 11.3 Å². The second-order valence-corrected chi connectivity index (χ2v) is 7.70. The Balaban J connectivity index is 1.91. The van der Waals surface area contributed by atoms with Gasteiger partial charge in [0.25, 0.3) is 5.56 Å². The topological polar surface area (TPSA) is 82.5 Å². The number of hydrogen-bond acceptors (Lipinski definition) is 6. The highest BCUT2D eigenvalue weighted by molar-refractivity contribution is 7.22. The number of aromatic nitrogens is 2. The number of nitrogens with two attached hydrogens (primary N) is 1. The zero-order chi connectivity index (χ0) is 20.8. The van der Waals surface area contributed by atoms with E-state index in [4.69, 9.17) is 22.1 Å². The van der Waals surface area contributed by atoms with Crippen molar-refractivity contribution in [3.05, 3.63) is 70.1 Å². The van der Waals surface area contributed by atoms with E-state index in [0.29, 0.717) is 40.0 Å². The van der Waals surface area contributed by atoms with Gasteiger partial charge in [-0.1, -0.05) is 23.7 Å². The fourth-order valence-electron chi connectivity index (χ4n) is 2.60. The van der Waals surface area contributed by atoms with Crippen LogP contribution in [0.2, 0.25) is 5.02 Å². The highest BCUT2D eigenvalue weighted by Crippen LogP contribution is 2.31. The van der Waals surface area contributed by atoms with Crippen molar-refractivity contribution < 1.29 is 4.74 Å². The number of aliphatic imine (C=N–C) groups is 1. The van der Waals surface area contributed by atoms with Gasteiger partial charge in [0.15, 0.2) is 0 Å². The van der Waals surface area contributed by atoms with E-state index in [9.17, 15) is 4.79 Å². The summed E-state index contributed by atoms with van der Waals surface area (Å²) in [6, 6.07) is 9.42. The first-order valence-electron chi connectivity index (χ1n) is 8.99. The number of benzene rings is 1. The molecule has 2 N–H and O–H groups in total. The molecule has 0 unspecified atom stereocenters. The quantitative estimate of drug-likeness (QED) is 0.247. The zero-order valence-corrected chi connectivity index (χ0v) is 17.5. The van der Waals surface area contributed by atoms with Gasteiger partial charge in [0, 0.05) is 21.7 Å². The first-order chi connectivity index (χ1) is 14.0. The molecule has 2 heterocycles. The van der Waals surface area contributed by atoms with Gasteiger partial charge in [0.2, 0.25) is 5.88 Å². The molecule has 0 spiro atoms. The van der Waals surface area contributed by atoms with Crippen LogP contribution in [0.25, 0.3) is 26.4 Å². The van der Waals surface area contributed by atoms with Gasteiger partial charge in [0.05, 0.1) is 12.1 Å². The lowest BCUT2D eigenvalue weighted by atomic mass is 10.2. The Bertz CT molecular complexity index is 1130. The van der Waals surface area contributed by atoms with Crippen molar-refractivity contribution in [2.75, 3.05) is 13.2 Å². The minimum absolute atomic E-state index is 0.125.